The number of para-hydroxylation sites is 1. The van der Waals surface area contributed by atoms with E-state index in [2.05, 4.69) is 12.1 Å². The molecule has 0 aliphatic heterocycles. The average molecular weight is 481 g/mol. The number of hydrogen-bond donors (Lipinski definition) is 1. The molecule has 34 heavy (non-hydrogen) atoms. The van der Waals surface area contributed by atoms with Gasteiger partial charge in [0.15, 0.2) is 0 Å². The van der Waals surface area contributed by atoms with Crippen molar-refractivity contribution in [3.8, 4) is 28.7 Å². The van der Waals surface area contributed by atoms with E-state index in [1.54, 1.807) is 28.4 Å². The molecule has 6 heteroatoms. The second kappa shape index (κ2) is 11.0. The van der Waals surface area contributed by atoms with Crippen LogP contribution < -0.4 is 34.9 Å². The van der Waals surface area contributed by atoms with Gasteiger partial charge in [-0.3, -0.25) is 0 Å². The fourth-order valence-corrected chi connectivity index (χ4v) is 7.76. The lowest BCUT2D eigenvalue weighted by molar-refractivity contribution is 0.399. The molecule has 4 rings (SSSR count). The predicted molar refractivity (Wildman–Crippen MR) is 139 cm³/mol. The molecule has 0 bridgehead atoms. The van der Waals surface area contributed by atoms with Gasteiger partial charge >= 0.3 is 0 Å². The van der Waals surface area contributed by atoms with Gasteiger partial charge in [0, 0.05) is 13.2 Å². The summed E-state index contributed by atoms with van der Waals surface area (Å²) in [6.07, 6.45) is 5.86. The second-order valence-electron chi connectivity index (χ2n) is 8.41. The van der Waals surface area contributed by atoms with Gasteiger partial charge in [0.2, 0.25) is 0 Å². The molecule has 1 aliphatic rings. The molecule has 0 unspecified atom stereocenters. The van der Waals surface area contributed by atoms with Crippen molar-refractivity contribution in [1.29, 1.82) is 0 Å². The van der Waals surface area contributed by atoms with Crippen LogP contribution in [0.3, 0.4) is 0 Å². The fourth-order valence-electron chi connectivity index (χ4n) is 4.93. The average Bonchev–Trinajstić information content (AvgIpc) is 2.90. The van der Waals surface area contributed by atoms with E-state index >= 15 is 0 Å². The molecule has 0 spiro atoms. The summed E-state index contributed by atoms with van der Waals surface area (Å²) in [5, 5.41) is 14.3. The van der Waals surface area contributed by atoms with Gasteiger partial charge in [-0.1, -0.05) is 49.6 Å². The molecule has 0 radical (unpaired) electrons. The van der Waals surface area contributed by atoms with Crippen molar-refractivity contribution in [2.45, 2.75) is 38.0 Å². The van der Waals surface area contributed by atoms with E-state index in [-0.39, 0.29) is 0 Å². The van der Waals surface area contributed by atoms with Crippen molar-refractivity contribution >= 4 is 23.8 Å². The van der Waals surface area contributed by atoms with E-state index in [4.69, 9.17) is 18.9 Å². The van der Waals surface area contributed by atoms with Gasteiger partial charge in [0.25, 0.3) is 0 Å². The van der Waals surface area contributed by atoms with Crippen LogP contribution in [0.25, 0.3) is 0 Å². The highest BCUT2D eigenvalue weighted by atomic mass is 31.1. The number of rotatable bonds is 8. The topological polar surface area (TPSA) is 57.2 Å². The minimum atomic E-state index is -1.36. The molecule has 1 N–H and O–H groups in total. The molecular weight excluding hydrogens is 447 g/mol. The third kappa shape index (κ3) is 4.54. The number of phenols is 1. The van der Waals surface area contributed by atoms with Gasteiger partial charge < -0.3 is 24.1 Å². The summed E-state index contributed by atoms with van der Waals surface area (Å²) in [6, 6.07) is 17.7. The summed E-state index contributed by atoms with van der Waals surface area (Å²) in [6.45, 7) is 0. The van der Waals surface area contributed by atoms with Gasteiger partial charge in [-0.05, 0) is 48.6 Å². The van der Waals surface area contributed by atoms with Crippen molar-refractivity contribution in [1.82, 2.24) is 0 Å². The van der Waals surface area contributed by atoms with E-state index in [9.17, 15) is 5.11 Å². The molecule has 3 aromatic rings. The van der Waals surface area contributed by atoms with E-state index in [1.807, 2.05) is 42.5 Å². The van der Waals surface area contributed by atoms with Crippen LogP contribution in [0.5, 0.6) is 28.7 Å². The summed E-state index contributed by atoms with van der Waals surface area (Å²) in [5.41, 5.74) is 1.02. The van der Waals surface area contributed by atoms with Crippen molar-refractivity contribution in [2.75, 3.05) is 28.4 Å². The van der Waals surface area contributed by atoms with Crippen LogP contribution in [0.2, 0.25) is 0 Å². The Morgan fingerprint density at radius 2 is 1.09 bits per heavy atom. The molecule has 1 saturated carbocycles. The first-order chi connectivity index (χ1) is 16.6. The lowest BCUT2D eigenvalue weighted by Crippen LogP contribution is -2.26. The fraction of sp³-hybridized carbons (Fsp3) is 0.357. The Labute approximate surface area is 203 Å². The highest BCUT2D eigenvalue weighted by molar-refractivity contribution is 7.80. The summed E-state index contributed by atoms with van der Waals surface area (Å²) in [5.74, 6) is 3.50. The molecule has 0 saturated heterocycles. The second-order valence-corrected chi connectivity index (χ2v) is 10.5. The Hall–Kier alpha value is -2.91. The third-order valence-electron chi connectivity index (χ3n) is 6.58. The molecule has 5 nitrogen and oxygen atoms in total. The van der Waals surface area contributed by atoms with Crippen LogP contribution in [0.15, 0.2) is 54.6 Å². The lowest BCUT2D eigenvalue weighted by Gasteiger charge is -2.29. The normalized spacial score (nSPS) is 14.1. The lowest BCUT2D eigenvalue weighted by atomic mass is 9.84. The van der Waals surface area contributed by atoms with E-state index < -0.39 is 7.92 Å². The zero-order chi connectivity index (χ0) is 24.1. The molecule has 0 amide bonds. The SMILES string of the molecule is COc1cccc(OC)c1P(c1cccc(C2CCCCC2)c1O)c1c(OC)cccc1OC. The number of benzene rings is 3. The zero-order valence-corrected chi connectivity index (χ0v) is 21.2. The van der Waals surface area contributed by atoms with Crippen molar-refractivity contribution in [3.05, 3.63) is 60.2 Å². The van der Waals surface area contributed by atoms with E-state index in [1.165, 1.54) is 19.3 Å². The van der Waals surface area contributed by atoms with Crippen LogP contribution in [0, 0.1) is 0 Å². The predicted octanol–water partition coefficient (Wildman–Crippen LogP) is 5.23. The third-order valence-corrected chi connectivity index (χ3v) is 9.20. The Balaban J connectivity index is 2.03. The smallest absolute Gasteiger partial charge is 0.130 e. The highest BCUT2D eigenvalue weighted by Gasteiger charge is 2.33. The van der Waals surface area contributed by atoms with Crippen LogP contribution in [-0.4, -0.2) is 33.5 Å². The molecule has 0 atom stereocenters. The van der Waals surface area contributed by atoms with Gasteiger partial charge in [-0.2, -0.15) is 0 Å². The Kier molecular flexibility index (Phi) is 7.84. The van der Waals surface area contributed by atoms with Gasteiger partial charge in [0.05, 0.1) is 39.0 Å². The monoisotopic (exact) mass is 480 g/mol. The molecule has 0 heterocycles. The molecule has 180 valence electrons. The largest absolute Gasteiger partial charge is 0.507 e. The molecular formula is C28H33O5P. The zero-order valence-electron chi connectivity index (χ0n) is 20.3. The van der Waals surface area contributed by atoms with E-state index in [0.29, 0.717) is 34.7 Å². The van der Waals surface area contributed by atoms with Crippen LogP contribution in [-0.2, 0) is 0 Å². The number of methoxy groups -OCH3 is 4. The maximum Gasteiger partial charge on any atom is 0.130 e. The minimum absolute atomic E-state index is 0.349. The summed E-state index contributed by atoms with van der Waals surface area (Å²) >= 11 is 0. The summed E-state index contributed by atoms with van der Waals surface area (Å²) in [7, 11) is 5.26. The molecule has 1 fully saturated rings. The van der Waals surface area contributed by atoms with Crippen LogP contribution >= 0.6 is 7.92 Å². The quantitative estimate of drug-likeness (QED) is 0.448. The molecule has 0 aromatic heterocycles. The Morgan fingerprint density at radius 1 is 0.647 bits per heavy atom. The first kappa shape index (κ1) is 24.2. The summed E-state index contributed by atoms with van der Waals surface area (Å²) < 4.78 is 23.3. The number of phenolic OH excluding ortho intramolecular Hbond substituents is 1. The standard InChI is InChI=1S/C28H33O5P/c1-30-21-14-9-15-22(31-2)27(21)34(28-23(32-3)16-10-17-24(28)33-4)25-18-8-13-20(26(25)29)19-11-6-5-7-12-19/h8-10,13-19,29H,5-7,11-12H2,1-4H3. The Morgan fingerprint density at radius 3 is 1.53 bits per heavy atom. The summed E-state index contributed by atoms with van der Waals surface area (Å²) in [4.78, 5) is 0. The highest BCUT2D eigenvalue weighted by Crippen LogP contribution is 2.49. The van der Waals surface area contributed by atoms with Crippen molar-refractivity contribution < 1.29 is 24.1 Å². The van der Waals surface area contributed by atoms with Crippen LogP contribution in [0.4, 0.5) is 0 Å². The van der Waals surface area contributed by atoms with Crippen LogP contribution in [0.1, 0.15) is 43.6 Å². The first-order valence-corrected chi connectivity index (χ1v) is 13.0. The van der Waals surface area contributed by atoms with Gasteiger partial charge in [-0.25, -0.2) is 0 Å². The first-order valence-electron chi connectivity index (χ1n) is 11.7. The maximum absolute atomic E-state index is 11.7. The molecule has 3 aromatic carbocycles. The number of hydrogen-bond acceptors (Lipinski definition) is 5. The van der Waals surface area contributed by atoms with Gasteiger partial charge in [-0.15, -0.1) is 0 Å². The number of aromatic hydroxyl groups is 1. The van der Waals surface area contributed by atoms with Crippen molar-refractivity contribution in [3.63, 3.8) is 0 Å². The number of ether oxygens (including phenoxy) is 4. The maximum atomic E-state index is 11.7. The minimum Gasteiger partial charge on any atom is -0.507 e. The Bertz CT molecular complexity index is 1020. The van der Waals surface area contributed by atoms with E-state index in [0.717, 1.165) is 34.3 Å². The molecule has 1 aliphatic carbocycles. The van der Waals surface area contributed by atoms with Gasteiger partial charge in [0.1, 0.15) is 28.7 Å². The van der Waals surface area contributed by atoms with Crippen molar-refractivity contribution in [2.24, 2.45) is 0 Å².